The van der Waals surface area contributed by atoms with E-state index in [1.165, 1.54) is 0 Å². The van der Waals surface area contributed by atoms with Gasteiger partial charge in [0.05, 0.1) is 16.5 Å². The van der Waals surface area contributed by atoms with Gasteiger partial charge in [0.1, 0.15) is 5.82 Å². The molecule has 5 rings (SSSR count). The Bertz CT molecular complexity index is 1350. The molecule has 0 saturated heterocycles. The highest BCUT2D eigenvalue weighted by Crippen LogP contribution is 2.36. The monoisotopic (exact) mass is 405 g/mol. The van der Waals surface area contributed by atoms with Crippen molar-refractivity contribution in [2.24, 2.45) is 0 Å². The molecule has 0 aliphatic rings. The number of nitrogens with two attached hydrogens (primary N) is 2. The summed E-state index contributed by atoms with van der Waals surface area (Å²) in [6, 6.07) is 20.1. The number of hydrogen-bond acceptors (Lipinski definition) is 7. The SMILES string of the molecule is Nc1ncc(-c2nc(N)c3c(-c4ccccc4)c(Cc4ccccn4)ccc3n2)cn1. The van der Waals surface area contributed by atoms with Gasteiger partial charge >= 0.3 is 0 Å². The molecule has 0 aliphatic heterocycles. The van der Waals surface area contributed by atoms with Gasteiger partial charge in [-0.1, -0.05) is 42.5 Å². The number of nitrogen functional groups attached to an aromatic ring is 2. The van der Waals surface area contributed by atoms with Crippen LogP contribution in [-0.4, -0.2) is 24.9 Å². The molecule has 7 nitrogen and oxygen atoms in total. The fraction of sp³-hybridized carbons (Fsp3) is 0.0417. The zero-order chi connectivity index (χ0) is 21.2. The summed E-state index contributed by atoms with van der Waals surface area (Å²) in [5.41, 5.74) is 17.7. The number of rotatable bonds is 4. The highest BCUT2D eigenvalue weighted by atomic mass is 15.0. The molecular formula is C24H19N7. The number of nitrogens with zero attached hydrogens (tertiary/aromatic N) is 5. The van der Waals surface area contributed by atoms with Gasteiger partial charge < -0.3 is 11.5 Å². The molecule has 2 aromatic carbocycles. The van der Waals surface area contributed by atoms with Crippen LogP contribution in [0.15, 0.2) is 79.3 Å². The average Bonchev–Trinajstić information content (AvgIpc) is 2.81. The topological polar surface area (TPSA) is 116 Å². The minimum absolute atomic E-state index is 0.197. The Morgan fingerprint density at radius 1 is 0.710 bits per heavy atom. The molecule has 0 radical (unpaired) electrons. The Labute approximate surface area is 178 Å². The van der Waals surface area contributed by atoms with E-state index in [1.54, 1.807) is 18.6 Å². The average molecular weight is 405 g/mol. The molecule has 3 aromatic heterocycles. The minimum atomic E-state index is 0.197. The molecule has 3 heterocycles. The van der Waals surface area contributed by atoms with E-state index in [9.17, 15) is 0 Å². The van der Waals surface area contributed by atoms with Gasteiger partial charge in [0.15, 0.2) is 5.82 Å². The van der Waals surface area contributed by atoms with E-state index in [-0.39, 0.29) is 5.95 Å². The fourth-order valence-corrected chi connectivity index (χ4v) is 3.66. The van der Waals surface area contributed by atoms with Crippen LogP contribution < -0.4 is 11.5 Å². The predicted octanol–water partition coefficient (Wildman–Crippen LogP) is 3.90. The van der Waals surface area contributed by atoms with E-state index in [1.807, 2.05) is 42.5 Å². The van der Waals surface area contributed by atoms with Crippen molar-refractivity contribution in [3.05, 3.63) is 90.5 Å². The number of hydrogen-bond donors (Lipinski definition) is 2. The first-order valence-electron chi connectivity index (χ1n) is 9.81. The van der Waals surface area contributed by atoms with E-state index in [2.05, 4.69) is 38.1 Å². The van der Waals surface area contributed by atoms with Gasteiger partial charge in [-0.25, -0.2) is 19.9 Å². The van der Waals surface area contributed by atoms with Crippen LogP contribution in [-0.2, 0) is 6.42 Å². The fourth-order valence-electron chi connectivity index (χ4n) is 3.66. The summed E-state index contributed by atoms with van der Waals surface area (Å²) in [6.45, 7) is 0. The number of benzene rings is 2. The van der Waals surface area contributed by atoms with Gasteiger partial charge in [-0.05, 0) is 34.9 Å². The Hall–Kier alpha value is -4.39. The first-order valence-corrected chi connectivity index (χ1v) is 9.81. The molecule has 0 spiro atoms. The minimum Gasteiger partial charge on any atom is -0.383 e. The molecule has 4 N–H and O–H groups in total. The highest BCUT2D eigenvalue weighted by molar-refractivity contribution is 6.03. The quantitative estimate of drug-likeness (QED) is 0.466. The first-order chi connectivity index (χ1) is 15.2. The third kappa shape index (κ3) is 3.64. The maximum Gasteiger partial charge on any atom is 0.219 e. The highest BCUT2D eigenvalue weighted by Gasteiger charge is 2.17. The number of anilines is 2. The lowest BCUT2D eigenvalue weighted by molar-refractivity contribution is 1.08. The van der Waals surface area contributed by atoms with Gasteiger partial charge in [-0.3, -0.25) is 4.98 Å². The van der Waals surface area contributed by atoms with Crippen LogP contribution in [0.5, 0.6) is 0 Å². The number of aromatic nitrogens is 5. The summed E-state index contributed by atoms with van der Waals surface area (Å²) in [4.78, 5) is 21.9. The van der Waals surface area contributed by atoms with E-state index in [0.717, 1.165) is 33.3 Å². The standard InChI is InChI=1S/C24H19N7/c25-22-21-19(30-23(31-22)17-13-28-24(26)29-14-17)10-9-16(12-18-8-4-5-11-27-18)20(21)15-6-2-1-3-7-15/h1-11,13-14H,12H2,(H2,25,30,31)(H2,26,28,29). The van der Waals surface area contributed by atoms with Gasteiger partial charge in [0.25, 0.3) is 0 Å². The first kappa shape index (κ1) is 18.6. The molecule has 0 bridgehead atoms. The van der Waals surface area contributed by atoms with Crippen molar-refractivity contribution in [2.45, 2.75) is 6.42 Å². The smallest absolute Gasteiger partial charge is 0.219 e. The summed E-state index contributed by atoms with van der Waals surface area (Å²) >= 11 is 0. The molecule has 0 aliphatic carbocycles. The molecule has 0 amide bonds. The van der Waals surface area contributed by atoms with Crippen LogP contribution in [0, 0.1) is 0 Å². The van der Waals surface area contributed by atoms with Crippen molar-refractivity contribution in [1.82, 2.24) is 24.9 Å². The largest absolute Gasteiger partial charge is 0.383 e. The Morgan fingerprint density at radius 3 is 2.23 bits per heavy atom. The van der Waals surface area contributed by atoms with Crippen LogP contribution >= 0.6 is 0 Å². The van der Waals surface area contributed by atoms with Crippen LogP contribution in [0.25, 0.3) is 33.4 Å². The second-order valence-electron chi connectivity index (χ2n) is 7.12. The third-order valence-corrected chi connectivity index (χ3v) is 5.07. The summed E-state index contributed by atoms with van der Waals surface area (Å²) in [6.07, 6.45) is 5.66. The molecule has 7 heteroatoms. The van der Waals surface area contributed by atoms with Gasteiger partial charge in [-0.15, -0.1) is 0 Å². The van der Waals surface area contributed by atoms with Gasteiger partial charge in [-0.2, -0.15) is 0 Å². The van der Waals surface area contributed by atoms with Crippen LogP contribution in [0.3, 0.4) is 0 Å². The second kappa shape index (κ2) is 7.79. The molecule has 31 heavy (non-hydrogen) atoms. The molecule has 0 saturated carbocycles. The molecule has 0 fully saturated rings. The van der Waals surface area contributed by atoms with E-state index in [4.69, 9.17) is 16.5 Å². The van der Waals surface area contributed by atoms with Crippen LogP contribution in [0.1, 0.15) is 11.3 Å². The van der Waals surface area contributed by atoms with Crippen molar-refractivity contribution in [1.29, 1.82) is 0 Å². The maximum atomic E-state index is 6.49. The zero-order valence-electron chi connectivity index (χ0n) is 16.6. The van der Waals surface area contributed by atoms with Gasteiger partial charge in [0, 0.05) is 30.7 Å². The number of fused-ring (bicyclic) bond motifs is 1. The summed E-state index contributed by atoms with van der Waals surface area (Å²) < 4.78 is 0. The summed E-state index contributed by atoms with van der Waals surface area (Å²) in [5.74, 6) is 1.06. The van der Waals surface area contributed by atoms with E-state index >= 15 is 0 Å². The Kier molecular flexibility index (Phi) is 4.68. The number of pyridine rings is 1. The predicted molar refractivity (Wildman–Crippen MR) is 122 cm³/mol. The lowest BCUT2D eigenvalue weighted by atomic mass is 9.92. The summed E-state index contributed by atoms with van der Waals surface area (Å²) in [7, 11) is 0. The Morgan fingerprint density at radius 2 is 1.48 bits per heavy atom. The molecular weight excluding hydrogens is 386 g/mol. The van der Waals surface area contributed by atoms with Crippen LogP contribution in [0.2, 0.25) is 0 Å². The normalized spacial score (nSPS) is 11.0. The van der Waals surface area contributed by atoms with Crippen molar-refractivity contribution < 1.29 is 0 Å². The molecule has 0 unspecified atom stereocenters. The van der Waals surface area contributed by atoms with Crippen molar-refractivity contribution in [2.75, 3.05) is 11.5 Å². The Balaban J connectivity index is 1.72. The third-order valence-electron chi connectivity index (χ3n) is 5.07. The van der Waals surface area contributed by atoms with E-state index < -0.39 is 0 Å². The van der Waals surface area contributed by atoms with Crippen molar-refractivity contribution in [3.8, 4) is 22.5 Å². The van der Waals surface area contributed by atoms with E-state index in [0.29, 0.717) is 23.6 Å². The van der Waals surface area contributed by atoms with Crippen molar-refractivity contribution >= 4 is 22.7 Å². The lowest BCUT2D eigenvalue weighted by Gasteiger charge is -2.15. The second-order valence-corrected chi connectivity index (χ2v) is 7.12. The molecule has 0 atom stereocenters. The molecule has 150 valence electrons. The zero-order valence-corrected chi connectivity index (χ0v) is 16.6. The van der Waals surface area contributed by atoms with Crippen LogP contribution in [0.4, 0.5) is 11.8 Å². The van der Waals surface area contributed by atoms with Crippen molar-refractivity contribution in [3.63, 3.8) is 0 Å². The van der Waals surface area contributed by atoms with Gasteiger partial charge in [0.2, 0.25) is 5.95 Å². The summed E-state index contributed by atoms with van der Waals surface area (Å²) in [5, 5.41) is 0.819. The maximum absolute atomic E-state index is 6.49. The lowest BCUT2D eigenvalue weighted by Crippen LogP contribution is -2.03. The molecule has 5 aromatic rings.